The van der Waals surface area contributed by atoms with Gasteiger partial charge in [-0.05, 0) is 30.9 Å². The average Bonchev–Trinajstić information content (AvgIpc) is 2.78. The molecule has 2 amide bonds. The Kier molecular flexibility index (Phi) is 3.97. The van der Waals surface area contributed by atoms with E-state index in [-0.39, 0.29) is 17.9 Å². The molecule has 2 rings (SSSR count). The van der Waals surface area contributed by atoms with Gasteiger partial charge in [-0.2, -0.15) is 0 Å². The van der Waals surface area contributed by atoms with E-state index < -0.39 is 0 Å². The SMILES string of the molecule is Cc1ccccc1CCNC(=O)[C@H]1CCC(=O)N1. The zero-order valence-electron chi connectivity index (χ0n) is 10.5. The van der Waals surface area contributed by atoms with Gasteiger partial charge in [0.25, 0.3) is 0 Å². The van der Waals surface area contributed by atoms with Crippen molar-refractivity contribution in [2.24, 2.45) is 0 Å². The summed E-state index contributed by atoms with van der Waals surface area (Å²) in [5.41, 5.74) is 2.48. The van der Waals surface area contributed by atoms with Gasteiger partial charge in [-0.25, -0.2) is 0 Å². The van der Waals surface area contributed by atoms with Gasteiger partial charge in [0.15, 0.2) is 0 Å². The number of rotatable bonds is 4. The molecule has 0 bridgehead atoms. The summed E-state index contributed by atoms with van der Waals surface area (Å²) in [5, 5.41) is 5.53. The van der Waals surface area contributed by atoms with Gasteiger partial charge in [-0.1, -0.05) is 24.3 Å². The van der Waals surface area contributed by atoms with Crippen LogP contribution in [0.5, 0.6) is 0 Å². The highest BCUT2D eigenvalue weighted by Crippen LogP contribution is 2.08. The summed E-state index contributed by atoms with van der Waals surface area (Å²) >= 11 is 0. The fourth-order valence-corrected chi connectivity index (χ4v) is 2.14. The molecule has 1 aromatic carbocycles. The number of hydrogen-bond acceptors (Lipinski definition) is 2. The molecule has 4 nitrogen and oxygen atoms in total. The van der Waals surface area contributed by atoms with E-state index in [9.17, 15) is 9.59 Å². The van der Waals surface area contributed by atoms with E-state index in [0.29, 0.717) is 19.4 Å². The molecule has 1 aromatic rings. The quantitative estimate of drug-likeness (QED) is 0.830. The number of benzene rings is 1. The van der Waals surface area contributed by atoms with E-state index in [1.54, 1.807) is 0 Å². The van der Waals surface area contributed by atoms with E-state index in [4.69, 9.17) is 0 Å². The summed E-state index contributed by atoms with van der Waals surface area (Å²) in [7, 11) is 0. The first-order chi connectivity index (χ1) is 8.66. The Morgan fingerprint density at radius 3 is 2.89 bits per heavy atom. The first-order valence-electron chi connectivity index (χ1n) is 6.28. The van der Waals surface area contributed by atoms with Gasteiger partial charge >= 0.3 is 0 Å². The van der Waals surface area contributed by atoms with Crippen LogP contribution in [-0.4, -0.2) is 24.4 Å². The third kappa shape index (κ3) is 3.09. The molecule has 0 spiro atoms. The molecule has 96 valence electrons. The molecular formula is C14H18N2O2. The Hall–Kier alpha value is -1.84. The Bertz CT molecular complexity index is 457. The number of amides is 2. The van der Waals surface area contributed by atoms with Gasteiger partial charge in [-0.3, -0.25) is 9.59 Å². The zero-order valence-corrected chi connectivity index (χ0v) is 10.5. The number of nitrogens with one attached hydrogen (secondary N) is 2. The molecule has 1 aliphatic heterocycles. The summed E-state index contributed by atoms with van der Waals surface area (Å²) in [6.45, 7) is 2.67. The molecule has 0 aliphatic carbocycles. The summed E-state index contributed by atoms with van der Waals surface area (Å²) in [4.78, 5) is 22.7. The third-order valence-electron chi connectivity index (χ3n) is 3.27. The fraction of sp³-hybridized carbons (Fsp3) is 0.429. The first kappa shape index (κ1) is 12.6. The van der Waals surface area contributed by atoms with Crippen LogP contribution in [0.4, 0.5) is 0 Å². The number of hydrogen-bond donors (Lipinski definition) is 2. The second kappa shape index (κ2) is 5.67. The predicted molar refractivity (Wildman–Crippen MR) is 69.1 cm³/mol. The lowest BCUT2D eigenvalue weighted by Crippen LogP contribution is -2.42. The molecule has 0 radical (unpaired) electrons. The topological polar surface area (TPSA) is 58.2 Å². The molecule has 2 N–H and O–H groups in total. The van der Waals surface area contributed by atoms with Crippen molar-refractivity contribution in [1.29, 1.82) is 0 Å². The van der Waals surface area contributed by atoms with Gasteiger partial charge in [0.2, 0.25) is 11.8 Å². The highest BCUT2D eigenvalue weighted by Gasteiger charge is 2.26. The Morgan fingerprint density at radius 1 is 1.44 bits per heavy atom. The van der Waals surface area contributed by atoms with Crippen molar-refractivity contribution >= 4 is 11.8 Å². The average molecular weight is 246 g/mol. The maximum Gasteiger partial charge on any atom is 0.242 e. The minimum Gasteiger partial charge on any atom is -0.354 e. The van der Waals surface area contributed by atoms with Crippen molar-refractivity contribution in [2.45, 2.75) is 32.2 Å². The second-order valence-electron chi connectivity index (χ2n) is 4.63. The molecule has 1 atom stereocenters. The molecule has 4 heteroatoms. The normalized spacial score (nSPS) is 18.5. The van der Waals surface area contributed by atoms with E-state index in [0.717, 1.165) is 6.42 Å². The van der Waals surface area contributed by atoms with E-state index in [2.05, 4.69) is 29.7 Å². The molecule has 0 saturated carbocycles. The Balaban J connectivity index is 1.77. The van der Waals surface area contributed by atoms with Gasteiger partial charge in [0.05, 0.1) is 0 Å². The van der Waals surface area contributed by atoms with Gasteiger partial charge in [0.1, 0.15) is 6.04 Å². The molecule has 1 fully saturated rings. The van der Waals surface area contributed by atoms with E-state index >= 15 is 0 Å². The maximum absolute atomic E-state index is 11.7. The summed E-state index contributed by atoms with van der Waals surface area (Å²) < 4.78 is 0. The van der Waals surface area contributed by atoms with Crippen molar-refractivity contribution in [3.8, 4) is 0 Å². The molecule has 18 heavy (non-hydrogen) atoms. The van der Waals surface area contributed by atoms with Gasteiger partial charge in [0, 0.05) is 13.0 Å². The molecule has 1 saturated heterocycles. The minimum atomic E-state index is -0.339. The van der Waals surface area contributed by atoms with Crippen molar-refractivity contribution < 1.29 is 9.59 Å². The molecule has 1 heterocycles. The molecular weight excluding hydrogens is 228 g/mol. The van der Waals surface area contributed by atoms with Crippen molar-refractivity contribution in [3.05, 3.63) is 35.4 Å². The number of carbonyl (C=O) groups is 2. The smallest absolute Gasteiger partial charge is 0.242 e. The zero-order chi connectivity index (χ0) is 13.0. The number of aryl methyl sites for hydroxylation is 1. The monoisotopic (exact) mass is 246 g/mol. The second-order valence-corrected chi connectivity index (χ2v) is 4.63. The lowest BCUT2D eigenvalue weighted by molar-refractivity contribution is -0.125. The molecule has 1 aliphatic rings. The highest BCUT2D eigenvalue weighted by molar-refractivity contribution is 5.90. The Labute approximate surface area is 107 Å². The van der Waals surface area contributed by atoms with E-state index in [1.807, 2.05) is 12.1 Å². The summed E-state index contributed by atoms with van der Waals surface area (Å²) in [5.74, 6) is -0.108. The lowest BCUT2D eigenvalue weighted by Gasteiger charge is -2.11. The maximum atomic E-state index is 11.7. The van der Waals surface area contributed by atoms with Crippen LogP contribution < -0.4 is 10.6 Å². The van der Waals surface area contributed by atoms with Crippen LogP contribution >= 0.6 is 0 Å². The van der Waals surface area contributed by atoms with Gasteiger partial charge in [-0.15, -0.1) is 0 Å². The largest absolute Gasteiger partial charge is 0.354 e. The van der Waals surface area contributed by atoms with Gasteiger partial charge < -0.3 is 10.6 Å². The van der Waals surface area contributed by atoms with Crippen molar-refractivity contribution in [3.63, 3.8) is 0 Å². The van der Waals surface area contributed by atoms with Crippen LogP contribution in [0.25, 0.3) is 0 Å². The van der Waals surface area contributed by atoms with Crippen LogP contribution in [0, 0.1) is 6.92 Å². The van der Waals surface area contributed by atoms with Crippen LogP contribution in [0.3, 0.4) is 0 Å². The highest BCUT2D eigenvalue weighted by atomic mass is 16.2. The standard InChI is InChI=1S/C14H18N2O2/c1-10-4-2-3-5-11(10)8-9-15-14(18)12-6-7-13(17)16-12/h2-5,12H,6-9H2,1H3,(H,15,18)(H,16,17)/t12-/m1/s1. The van der Waals surface area contributed by atoms with Crippen molar-refractivity contribution in [2.75, 3.05) is 6.54 Å². The van der Waals surface area contributed by atoms with Crippen LogP contribution in [0.15, 0.2) is 24.3 Å². The van der Waals surface area contributed by atoms with Crippen LogP contribution in [-0.2, 0) is 16.0 Å². The van der Waals surface area contributed by atoms with Crippen LogP contribution in [0.1, 0.15) is 24.0 Å². The fourth-order valence-electron chi connectivity index (χ4n) is 2.14. The molecule has 0 unspecified atom stereocenters. The summed E-state index contributed by atoms with van der Waals surface area (Å²) in [6, 6.07) is 7.80. The Morgan fingerprint density at radius 2 is 2.22 bits per heavy atom. The lowest BCUT2D eigenvalue weighted by atomic mass is 10.1. The summed E-state index contributed by atoms with van der Waals surface area (Å²) in [6.07, 6.45) is 1.88. The predicted octanol–water partition coefficient (Wildman–Crippen LogP) is 0.932. The number of carbonyl (C=O) groups excluding carboxylic acids is 2. The first-order valence-corrected chi connectivity index (χ1v) is 6.28. The molecule has 0 aromatic heterocycles. The third-order valence-corrected chi connectivity index (χ3v) is 3.27. The van der Waals surface area contributed by atoms with Crippen LogP contribution in [0.2, 0.25) is 0 Å². The van der Waals surface area contributed by atoms with E-state index in [1.165, 1.54) is 11.1 Å². The van der Waals surface area contributed by atoms with Crippen molar-refractivity contribution in [1.82, 2.24) is 10.6 Å². The minimum absolute atomic E-state index is 0.0333.